The van der Waals surface area contributed by atoms with Crippen LogP contribution in [-0.2, 0) is 6.54 Å². The van der Waals surface area contributed by atoms with Crippen LogP contribution in [0.4, 0.5) is 10.2 Å². The molecule has 1 N–H and O–H groups in total. The summed E-state index contributed by atoms with van der Waals surface area (Å²) in [5.41, 5.74) is 1.49. The van der Waals surface area contributed by atoms with Gasteiger partial charge in [-0.3, -0.25) is 0 Å². The maximum atomic E-state index is 14.7. The van der Waals surface area contributed by atoms with Crippen LogP contribution >= 0.6 is 0 Å². The molecule has 1 aliphatic heterocycles. The highest BCUT2D eigenvalue weighted by molar-refractivity contribution is 5.95. The van der Waals surface area contributed by atoms with E-state index in [-0.39, 0.29) is 30.5 Å². The Hall–Kier alpha value is -2.80. The molecule has 0 unspecified atom stereocenters. The highest BCUT2D eigenvalue weighted by atomic mass is 19.1. The van der Waals surface area contributed by atoms with Crippen molar-refractivity contribution in [3.63, 3.8) is 0 Å². The first kappa shape index (κ1) is 16.7. The van der Waals surface area contributed by atoms with Crippen LogP contribution in [0.2, 0.25) is 0 Å². The Labute approximate surface area is 150 Å². The van der Waals surface area contributed by atoms with Gasteiger partial charge >= 0.3 is 0 Å². The molecule has 2 aromatic heterocycles. The summed E-state index contributed by atoms with van der Waals surface area (Å²) >= 11 is 0. The number of benzene rings is 1. The molecule has 26 heavy (non-hydrogen) atoms. The molecule has 0 amide bonds. The molecule has 0 fully saturated rings. The summed E-state index contributed by atoms with van der Waals surface area (Å²) in [4.78, 5) is 15.0. The molecule has 0 aliphatic carbocycles. The van der Waals surface area contributed by atoms with Gasteiger partial charge in [0, 0.05) is 6.54 Å². The van der Waals surface area contributed by atoms with Crippen LogP contribution in [0.1, 0.15) is 17.1 Å². The van der Waals surface area contributed by atoms with Crippen molar-refractivity contribution in [1.29, 1.82) is 0 Å². The molecular weight excluding hydrogens is 335 g/mol. The SMILES string of the molecule is Cc1nc2c3c(nc(C)c(F)c3n1)OC[C@@H](CO)N2Cc1ccccc1. The van der Waals surface area contributed by atoms with E-state index in [9.17, 15) is 9.50 Å². The van der Waals surface area contributed by atoms with Crippen LogP contribution in [-0.4, -0.2) is 39.3 Å². The number of anilines is 1. The van der Waals surface area contributed by atoms with Gasteiger partial charge in [-0.05, 0) is 19.4 Å². The summed E-state index contributed by atoms with van der Waals surface area (Å²) in [6.07, 6.45) is 0. The topological polar surface area (TPSA) is 71.4 Å². The van der Waals surface area contributed by atoms with Crippen LogP contribution in [0.5, 0.6) is 5.88 Å². The number of ether oxygens (including phenoxy) is 1. The number of aromatic nitrogens is 3. The van der Waals surface area contributed by atoms with Crippen molar-refractivity contribution < 1.29 is 14.2 Å². The van der Waals surface area contributed by atoms with Crippen molar-refractivity contribution in [2.24, 2.45) is 0 Å². The third-order valence-electron chi connectivity index (χ3n) is 4.54. The summed E-state index contributed by atoms with van der Waals surface area (Å²) in [5, 5.41) is 10.4. The second-order valence-electron chi connectivity index (χ2n) is 6.40. The molecule has 1 aromatic carbocycles. The molecule has 0 saturated carbocycles. The lowest BCUT2D eigenvalue weighted by Gasteiger charge is -2.30. The molecular formula is C19H19FN4O2. The number of aliphatic hydroxyl groups is 1. The van der Waals surface area contributed by atoms with Gasteiger partial charge < -0.3 is 14.7 Å². The van der Waals surface area contributed by atoms with E-state index < -0.39 is 5.82 Å². The molecule has 0 radical (unpaired) electrons. The van der Waals surface area contributed by atoms with Crippen molar-refractivity contribution in [3.8, 4) is 5.88 Å². The molecule has 0 saturated heterocycles. The van der Waals surface area contributed by atoms with Gasteiger partial charge in [-0.25, -0.2) is 19.3 Å². The second-order valence-corrected chi connectivity index (χ2v) is 6.40. The number of pyridine rings is 1. The smallest absolute Gasteiger partial charge is 0.227 e. The summed E-state index contributed by atoms with van der Waals surface area (Å²) in [5.74, 6) is 0.832. The third-order valence-corrected chi connectivity index (χ3v) is 4.54. The standard InChI is InChI=1S/C19H19FN4O2/c1-11-16(20)17-15-18(23-12(2)22-17)24(8-13-6-4-3-5-7-13)14(9-25)10-26-19(15)21-11/h3-7,14,25H,8-10H2,1-2H3/t14-/m1/s1. The van der Waals surface area contributed by atoms with Crippen molar-refractivity contribution in [2.45, 2.75) is 26.4 Å². The molecule has 1 atom stereocenters. The van der Waals surface area contributed by atoms with E-state index in [1.807, 2.05) is 35.2 Å². The highest BCUT2D eigenvalue weighted by Gasteiger charge is 2.30. The minimum Gasteiger partial charge on any atom is -0.475 e. The fraction of sp³-hybridized carbons (Fsp3) is 0.316. The lowest BCUT2D eigenvalue weighted by molar-refractivity contribution is 0.199. The average molecular weight is 354 g/mol. The van der Waals surface area contributed by atoms with Gasteiger partial charge in [0.05, 0.1) is 18.3 Å². The third kappa shape index (κ3) is 2.74. The predicted octanol–water partition coefficient (Wildman–Crippen LogP) is 2.54. The van der Waals surface area contributed by atoms with E-state index in [0.717, 1.165) is 5.56 Å². The molecule has 0 spiro atoms. The Morgan fingerprint density at radius 2 is 1.96 bits per heavy atom. The Bertz CT molecular complexity index is 965. The zero-order valence-corrected chi connectivity index (χ0v) is 14.6. The van der Waals surface area contributed by atoms with E-state index in [2.05, 4.69) is 15.0 Å². The molecule has 0 bridgehead atoms. The van der Waals surface area contributed by atoms with Gasteiger partial charge in [0.1, 0.15) is 29.2 Å². The normalized spacial score (nSPS) is 16.5. The average Bonchev–Trinajstić information content (AvgIpc) is 2.78. The molecule has 134 valence electrons. The van der Waals surface area contributed by atoms with Crippen LogP contribution in [0.25, 0.3) is 10.9 Å². The monoisotopic (exact) mass is 354 g/mol. The molecule has 6 nitrogen and oxygen atoms in total. The number of nitrogens with zero attached hydrogens (tertiary/aromatic N) is 4. The van der Waals surface area contributed by atoms with Gasteiger partial charge in [-0.15, -0.1) is 0 Å². The maximum absolute atomic E-state index is 14.7. The molecule has 4 rings (SSSR count). The largest absolute Gasteiger partial charge is 0.475 e. The van der Waals surface area contributed by atoms with Crippen LogP contribution in [0, 0.1) is 19.7 Å². The van der Waals surface area contributed by atoms with Crippen LogP contribution in [0.15, 0.2) is 30.3 Å². The first-order valence-corrected chi connectivity index (χ1v) is 8.47. The Kier molecular flexibility index (Phi) is 4.16. The van der Waals surface area contributed by atoms with E-state index in [1.54, 1.807) is 13.8 Å². The summed E-state index contributed by atoms with van der Waals surface area (Å²) in [7, 11) is 0. The molecule has 3 heterocycles. The van der Waals surface area contributed by atoms with Gasteiger partial charge in [0.25, 0.3) is 0 Å². The van der Waals surface area contributed by atoms with Gasteiger partial charge in [-0.2, -0.15) is 0 Å². The molecule has 7 heteroatoms. The Morgan fingerprint density at radius 1 is 1.19 bits per heavy atom. The van der Waals surface area contributed by atoms with Crippen LogP contribution in [0.3, 0.4) is 0 Å². The molecule has 3 aromatic rings. The lowest BCUT2D eigenvalue weighted by Crippen LogP contribution is -2.41. The van der Waals surface area contributed by atoms with Crippen molar-refractivity contribution >= 4 is 16.7 Å². The number of rotatable bonds is 3. The predicted molar refractivity (Wildman–Crippen MR) is 95.8 cm³/mol. The summed E-state index contributed by atoms with van der Waals surface area (Å²) < 4.78 is 20.5. The number of aryl methyl sites for hydroxylation is 2. The quantitative estimate of drug-likeness (QED) is 0.779. The zero-order chi connectivity index (χ0) is 18.3. The Balaban J connectivity index is 1.95. The maximum Gasteiger partial charge on any atom is 0.227 e. The Morgan fingerprint density at radius 3 is 2.69 bits per heavy atom. The van der Waals surface area contributed by atoms with Gasteiger partial charge in [-0.1, -0.05) is 30.3 Å². The van der Waals surface area contributed by atoms with Crippen molar-refractivity contribution in [2.75, 3.05) is 18.1 Å². The lowest BCUT2D eigenvalue weighted by atomic mass is 10.1. The minimum atomic E-state index is -0.471. The minimum absolute atomic E-state index is 0.118. The fourth-order valence-corrected chi connectivity index (χ4v) is 3.23. The van der Waals surface area contributed by atoms with Gasteiger partial charge in [0.2, 0.25) is 5.88 Å². The van der Waals surface area contributed by atoms with Gasteiger partial charge in [0.15, 0.2) is 5.82 Å². The van der Waals surface area contributed by atoms with E-state index >= 15 is 0 Å². The number of halogens is 1. The number of hydrogen-bond acceptors (Lipinski definition) is 6. The first-order chi connectivity index (χ1) is 12.6. The summed E-state index contributed by atoms with van der Waals surface area (Å²) in [6.45, 7) is 3.93. The fourth-order valence-electron chi connectivity index (χ4n) is 3.23. The second kappa shape index (κ2) is 6.49. The first-order valence-electron chi connectivity index (χ1n) is 8.47. The van der Waals surface area contributed by atoms with Crippen molar-refractivity contribution in [3.05, 3.63) is 53.2 Å². The van der Waals surface area contributed by atoms with Crippen LogP contribution < -0.4 is 9.64 Å². The zero-order valence-electron chi connectivity index (χ0n) is 14.6. The number of hydrogen-bond donors (Lipinski definition) is 1. The van der Waals surface area contributed by atoms with E-state index in [0.29, 0.717) is 29.5 Å². The molecule has 1 aliphatic rings. The highest BCUT2D eigenvalue weighted by Crippen LogP contribution is 2.37. The van der Waals surface area contributed by atoms with E-state index in [4.69, 9.17) is 4.74 Å². The summed E-state index contributed by atoms with van der Waals surface area (Å²) in [6, 6.07) is 9.53. The number of aliphatic hydroxyl groups excluding tert-OH is 1. The van der Waals surface area contributed by atoms with E-state index in [1.165, 1.54) is 0 Å². The van der Waals surface area contributed by atoms with Crippen molar-refractivity contribution in [1.82, 2.24) is 15.0 Å².